The lowest BCUT2D eigenvalue weighted by molar-refractivity contribution is 0.0792. The summed E-state index contributed by atoms with van der Waals surface area (Å²) >= 11 is 0. The highest BCUT2D eigenvalue weighted by atomic mass is 15.3. The second kappa shape index (κ2) is 4.49. The normalized spacial score (nSPS) is 30.1. The molecule has 2 heterocycles. The van der Waals surface area contributed by atoms with Crippen LogP contribution >= 0.6 is 0 Å². The molecule has 0 aromatic carbocycles. The number of fused-ring (bicyclic) bond motifs is 1. The third-order valence-electron chi connectivity index (χ3n) is 3.76. The van der Waals surface area contributed by atoms with Gasteiger partial charge in [0.2, 0.25) is 0 Å². The van der Waals surface area contributed by atoms with Gasteiger partial charge in [-0.2, -0.15) is 0 Å². The van der Waals surface area contributed by atoms with Crippen LogP contribution in [0.5, 0.6) is 0 Å². The molecule has 2 unspecified atom stereocenters. The molecule has 2 rings (SSSR count). The van der Waals surface area contributed by atoms with E-state index in [2.05, 4.69) is 16.7 Å². The van der Waals surface area contributed by atoms with Gasteiger partial charge in [-0.3, -0.25) is 15.2 Å². The topological polar surface area (TPSA) is 56.4 Å². The lowest BCUT2D eigenvalue weighted by atomic mass is 10.1. The molecular weight excluding hydrogens is 188 g/mol. The van der Waals surface area contributed by atoms with E-state index in [1.54, 1.807) is 0 Å². The summed E-state index contributed by atoms with van der Waals surface area (Å²) in [7, 11) is 0. The van der Waals surface area contributed by atoms with Crippen molar-refractivity contribution >= 4 is 5.84 Å². The Bertz CT molecular complexity index is 241. The Hall–Kier alpha value is -0.610. The van der Waals surface area contributed by atoms with Crippen LogP contribution in [-0.2, 0) is 0 Å². The molecule has 4 nitrogen and oxygen atoms in total. The van der Waals surface area contributed by atoms with E-state index in [0.29, 0.717) is 18.3 Å². The van der Waals surface area contributed by atoms with Gasteiger partial charge in [0.1, 0.15) is 0 Å². The number of amidine groups is 1. The lowest BCUT2D eigenvalue weighted by Gasteiger charge is -2.40. The van der Waals surface area contributed by atoms with Crippen LogP contribution in [0.1, 0.15) is 26.2 Å². The number of piperazine rings is 1. The maximum Gasteiger partial charge on any atom is 0.0920 e. The Morgan fingerprint density at radius 1 is 1.47 bits per heavy atom. The van der Waals surface area contributed by atoms with Gasteiger partial charge >= 0.3 is 0 Å². The first-order chi connectivity index (χ1) is 7.16. The minimum Gasteiger partial charge on any atom is -0.388 e. The molecule has 2 atom stereocenters. The molecule has 0 saturated carbocycles. The average Bonchev–Trinajstić information content (AvgIpc) is 2.62. The van der Waals surface area contributed by atoms with E-state index in [1.165, 1.54) is 32.5 Å². The summed E-state index contributed by atoms with van der Waals surface area (Å²) in [5, 5.41) is 7.33. The van der Waals surface area contributed by atoms with Gasteiger partial charge in [0.05, 0.1) is 5.84 Å². The highest BCUT2D eigenvalue weighted by Gasteiger charge is 2.32. The Morgan fingerprint density at radius 2 is 2.27 bits per heavy atom. The number of rotatable bonds is 3. The van der Waals surface area contributed by atoms with Crippen molar-refractivity contribution in [3.8, 4) is 0 Å². The zero-order chi connectivity index (χ0) is 10.8. The van der Waals surface area contributed by atoms with Crippen LogP contribution < -0.4 is 5.73 Å². The molecule has 15 heavy (non-hydrogen) atoms. The zero-order valence-electron chi connectivity index (χ0n) is 9.58. The Morgan fingerprint density at radius 3 is 3.00 bits per heavy atom. The van der Waals surface area contributed by atoms with Crippen molar-refractivity contribution < 1.29 is 0 Å². The Kier molecular flexibility index (Phi) is 3.26. The summed E-state index contributed by atoms with van der Waals surface area (Å²) in [5.74, 6) is 0.316. The van der Waals surface area contributed by atoms with Crippen LogP contribution in [-0.4, -0.2) is 53.9 Å². The van der Waals surface area contributed by atoms with Gasteiger partial charge in [0, 0.05) is 38.1 Å². The molecule has 0 radical (unpaired) electrons. The van der Waals surface area contributed by atoms with Crippen LogP contribution in [0.25, 0.3) is 0 Å². The number of nitrogens with zero attached hydrogens (tertiary/aromatic N) is 2. The molecule has 0 amide bonds. The highest BCUT2D eigenvalue weighted by Crippen LogP contribution is 2.22. The van der Waals surface area contributed by atoms with Crippen molar-refractivity contribution in [2.24, 2.45) is 5.73 Å². The molecule has 2 fully saturated rings. The van der Waals surface area contributed by atoms with E-state index in [9.17, 15) is 0 Å². The van der Waals surface area contributed by atoms with Gasteiger partial charge in [-0.1, -0.05) is 0 Å². The minimum absolute atomic E-state index is 0.316. The highest BCUT2D eigenvalue weighted by molar-refractivity contribution is 5.77. The van der Waals surface area contributed by atoms with E-state index in [0.717, 1.165) is 12.6 Å². The molecule has 0 spiro atoms. The molecule has 2 saturated heterocycles. The fourth-order valence-corrected chi connectivity index (χ4v) is 2.86. The van der Waals surface area contributed by atoms with E-state index in [1.807, 2.05) is 0 Å². The number of nitrogens with one attached hydrogen (secondary N) is 1. The third kappa shape index (κ3) is 2.49. The summed E-state index contributed by atoms with van der Waals surface area (Å²) in [6.07, 6.45) is 3.43. The van der Waals surface area contributed by atoms with Crippen molar-refractivity contribution in [1.29, 1.82) is 5.41 Å². The smallest absolute Gasteiger partial charge is 0.0920 e. The van der Waals surface area contributed by atoms with Gasteiger partial charge in [0.25, 0.3) is 0 Å². The fraction of sp³-hybridized carbons (Fsp3) is 0.909. The van der Waals surface area contributed by atoms with Crippen LogP contribution in [0.15, 0.2) is 0 Å². The minimum atomic E-state index is 0.316. The van der Waals surface area contributed by atoms with Crippen molar-refractivity contribution in [3.05, 3.63) is 0 Å². The number of hydrogen-bond donors (Lipinski definition) is 2. The zero-order valence-corrected chi connectivity index (χ0v) is 9.58. The molecule has 0 aliphatic carbocycles. The van der Waals surface area contributed by atoms with Crippen molar-refractivity contribution in [2.45, 2.75) is 38.3 Å². The average molecular weight is 210 g/mol. The first kappa shape index (κ1) is 10.9. The lowest BCUT2D eigenvalue weighted by Crippen LogP contribution is -2.53. The summed E-state index contributed by atoms with van der Waals surface area (Å²) in [5.41, 5.74) is 5.45. The summed E-state index contributed by atoms with van der Waals surface area (Å²) < 4.78 is 0. The first-order valence-corrected chi connectivity index (χ1v) is 5.98. The third-order valence-corrected chi connectivity index (χ3v) is 3.76. The second-order valence-electron chi connectivity index (χ2n) is 4.91. The fourth-order valence-electron chi connectivity index (χ4n) is 2.86. The molecule has 0 bridgehead atoms. The second-order valence-corrected chi connectivity index (χ2v) is 4.91. The van der Waals surface area contributed by atoms with Crippen LogP contribution in [0.2, 0.25) is 0 Å². The van der Waals surface area contributed by atoms with E-state index >= 15 is 0 Å². The summed E-state index contributed by atoms with van der Waals surface area (Å²) in [4.78, 5) is 5.10. The van der Waals surface area contributed by atoms with Gasteiger partial charge in [-0.05, 0) is 26.3 Å². The molecular formula is C11H22N4. The van der Waals surface area contributed by atoms with Crippen LogP contribution in [0.4, 0.5) is 0 Å². The number of hydrogen-bond acceptors (Lipinski definition) is 3. The standard InChI is InChI=1S/C11H22N4/c1-9(7-11(12)13)15-6-5-14-4-2-3-10(14)8-15/h9-10H,2-8H2,1H3,(H3,12,13). The maximum absolute atomic E-state index is 7.33. The molecule has 3 N–H and O–H groups in total. The Balaban J connectivity index is 1.86. The van der Waals surface area contributed by atoms with Gasteiger partial charge in [-0.15, -0.1) is 0 Å². The van der Waals surface area contributed by atoms with Crippen molar-refractivity contribution in [3.63, 3.8) is 0 Å². The predicted octanol–water partition coefficient (Wildman–Crippen LogP) is 0.481. The monoisotopic (exact) mass is 210 g/mol. The molecule has 0 aromatic heterocycles. The summed E-state index contributed by atoms with van der Waals surface area (Å²) in [6.45, 7) is 7.00. The quantitative estimate of drug-likeness (QED) is 0.526. The van der Waals surface area contributed by atoms with E-state index < -0.39 is 0 Å². The molecule has 86 valence electrons. The predicted molar refractivity (Wildman–Crippen MR) is 62.2 cm³/mol. The Labute approximate surface area is 91.9 Å². The first-order valence-electron chi connectivity index (χ1n) is 5.98. The largest absolute Gasteiger partial charge is 0.388 e. The SMILES string of the molecule is CC(CC(=N)N)N1CCN2CCCC2C1. The van der Waals surface area contributed by atoms with Crippen molar-refractivity contribution in [2.75, 3.05) is 26.2 Å². The molecule has 0 aromatic rings. The van der Waals surface area contributed by atoms with E-state index in [4.69, 9.17) is 11.1 Å². The molecule has 4 heteroatoms. The van der Waals surface area contributed by atoms with Crippen LogP contribution in [0.3, 0.4) is 0 Å². The molecule has 2 aliphatic rings. The number of nitrogens with two attached hydrogens (primary N) is 1. The van der Waals surface area contributed by atoms with E-state index in [-0.39, 0.29) is 0 Å². The van der Waals surface area contributed by atoms with Gasteiger partial charge in [0.15, 0.2) is 0 Å². The molecule has 2 aliphatic heterocycles. The van der Waals surface area contributed by atoms with Gasteiger partial charge in [-0.25, -0.2) is 0 Å². The van der Waals surface area contributed by atoms with Crippen LogP contribution in [0, 0.1) is 5.41 Å². The van der Waals surface area contributed by atoms with Gasteiger partial charge < -0.3 is 5.73 Å². The maximum atomic E-state index is 7.33. The van der Waals surface area contributed by atoms with Crippen molar-refractivity contribution in [1.82, 2.24) is 9.80 Å². The summed E-state index contributed by atoms with van der Waals surface area (Å²) in [6, 6.07) is 1.21.